The lowest BCUT2D eigenvalue weighted by molar-refractivity contribution is 0.911. The molecule has 0 amide bonds. The third kappa shape index (κ3) is 1.47. The average Bonchev–Trinajstić information content (AvgIpc) is 2.68. The van der Waals surface area contributed by atoms with Gasteiger partial charge in [0, 0.05) is 21.4 Å². The van der Waals surface area contributed by atoms with E-state index >= 15 is 0 Å². The van der Waals surface area contributed by atoms with Gasteiger partial charge in [0.15, 0.2) is 0 Å². The van der Waals surface area contributed by atoms with Gasteiger partial charge in [-0.1, -0.05) is 11.6 Å². The number of fused-ring (bicyclic) bond motifs is 2. The Morgan fingerprint density at radius 3 is 3.00 bits per heavy atom. The fourth-order valence-electron chi connectivity index (χ4n) is 2.27. The Balaban J connectivity index is 2.41. The minimum atomic E-state index is 0.557. The highest BCUT2D eigenvalue weighted by atomic mass is 79.9. The summed E-state index contributed by atoms with van der Waals surface area (Å²) in [4.78, 5) is 4.12. The van der Waals surface area contributed by atoms with E-state index in [4.69, 9.17) is 11.6 Å². The minimum Gasteiger partial charge on any atom is -0.244 e. The van der Waals surface area contributed by atoms with Crippen LogP contribution in [-0.4, -0.2) is 4.98 Å². The van der Waals surface area contributed by atoms with Gasteiger partial charge in [0.05, 0.1) is 0 Å². The van der Waals surface area contributed by atoms with E-state index in [0.717, 1.165) is 0 Å². The van der Waals surface area contributed by atoms with Gasteiger partial charge >= 0.3 is 0 Å². The van der Waals surface area contributed by atoms with Crippen LogP contribution in [-0.2, 0) is 12.8 Å². The number of hydrogen-bond acceptors (Lipinski definition) is 1. The van der Waals surface area contributed by atoms with E-state index in [9.17, 15) is 0 Å². The maximum absolute atomic E-state index is 5.91. The molecule has 0 atom stereocenters. The third-order valence-corrected chi connectivity index (χ3v) is 4.11. The molecule has 1 nitrogen and oxygen atoms in total. The molecule has 3 heteroatoms. The fraction of sp³-hybridized carbons (Fsp3) is 0.250. The molecule has 1 aliphatic rings. The van der Waals surface area contributed by atoms with Crippen molar-refractivity contribution >= 4 is 38.3 Å². The van der Waals surface area contributed by atoms with Gasteiger partial charge in [-0.2, -0.15) is 0 Å². The van der Waals surface area contributed by atoms with Crippen LogP contribution in [0.3, 0.4) is 0 Å². The van der Waals surface area contributed by atoms with Gasteiger partial charge in [-0.05, 0) is 58.5 Å². The fourth-order valence-corrected chi connectivity index (χ4v) is 3.23. The molecular formula is C12H9BrClN. The molecule has 0 saturated heterocycles. The van der Waals surface area contributed by atoms with E-state index in [1.54, 1.807) is 0 Å². The molecule has 0 fully saturated rings. The minimum absolute atomic E-state index is 0.557. The molecule has 1 aliphatic carbocycles. The second-order valence-electron chi connectivity index (χ2n) is 3.91. The van der Waals surface area contributed by atoms with Crippen LogP contribution in [0.5, 0.6) is 0 Å². The summed E-state index contributed by atoms with van der Waals surface area (Å²) < 4.78 is 1.21. The lowest BCUT2D eigenvalue weighted by Gasteiger charge is -2.07. The quantitative estimate of drug-likeness (QED) is 0.662. The number of pyridine rings is 1. The van der Waals surface area contributed by atoms with E-state index in [0.29, 0.717) is 5.15 Å². The molecule has 0 saturated carbocycles. The van der Waals surface area contributed by atoms with Crippen molar-refractivity contribution in [2.24, 2.45) is 0 Å². The van der Waals surface area contributed by atoms with Crippen LogP contribution in [0.4, 0.5) is 0 Å². The number of aryl methyl sites for hydroxylation is 1. The van der Waals surface area contributed by atoms with E-state index in [1.165, 1.54) is 45.6 Å². The normalized spacial score (nSPS) is 14.5. The van der Waals surface area contributed by atoms with E-state index in [1.807, 2.05) is 12.3 Å². The molecule has 3 rings (SSSR count). The van der Waals surface area contributed by atoms with Crippen LogP contribution in [0, 0.1) is 0 Å². The van der Waals surface area contributed by atoms with Crippen molar-refractivity contribution < 1.29 is 0 Å². The molecule has 76 valence electrons. The second-order valence-corrected chi connectivity index (χ2v) is 5.09. The maximum atomic E-state index is 5.91. The summed E-state index contributed by atoms with van der Waals surface area (Å²) >= 11 is 9.59. The van der Waals surface area contributed by atoms with Gasteiger partial charge in [-0.15, -0.1) is 0 Å². The van der Waals surface area contributed by atoms with Crippen molar-refractivity contribution in [3.05, 3.63) is 39.1 Å². The smallest absolute Gasteiger partial charge is 0.129 e. The van der Waals surface area contributed by atoms with E-state index in [-0.39, 0.29) is 0 Å². The topological polar surface area (TPSA) is 12.9 Å². The summed E-state index contributed by atoms with van der Waals surface area (Å²) in [7, 11) is 0. The Labute approximate surface area is 102 Å². The Morgan fingerprint density at radius 1 is 1.27 bits per heavy atom. The van der Waals surface area contributed by atoms with Crippen molar-refractivity contribution in [1.82, 2.24) is 4.98 Å². The lowest BCUT2D eigenvalue weighted by atomic mass is 10.0. The average molecular weight is 283 g/mol. The predicted molar refractivity (Wildman–Crippen MR) is 66.5 cm³/mol. The van der Waals surface area contributed by atoms with Crippen LogP contribution >= 0.6 is 27.5 Å². The molecule has 1 heterocycles. The van der Waals surface area contributed by atoms with Crippen molar-refractivity contribution in [2.45, 2.75) is 19.3 Å². The standard InChI is InChI=1S/C12H9BrClN/c13-12-9-3-1-2-7(9)4-8-6-15-11(14)5-10(8)12/h4-6H,1-3H2. The van der Waals surface area contributed by atoms with Crippen LogP contribution < -0.4 is 0 Å². The molecule has 1 aromatic carbocycles. The Morgan fingerprint density at radius 2 is 2.13 bits per heavy atom. The van der Waals surface area contributed by atoms with Gasteiger partial charge in [0.2, 0.25) is 0 Å². The van der Waals surface area contributed by atoms with Gasteiger partial charge < -0.3 is 0 Å². The molecule has 0 N–H and O–H groups in total. The number of nitrogens with zero attached hydrogens (tertiary/aromatic N) is 1. The van der Waals surface area contributed by atoms with Crippen molar-refractivity contribution in [1.29, 1.82) is 0 Å². The zero-order valence-electron chi connectivity index (χ0n) is 8.06. The monoisotopic (exact) mass is 281 g/mol. The van der Waals surface area contributed by atoms with Crippen molar-refractivity contribution in [2.75, 3.05) is 0 Å². The highest BCUT2D eigenvalue weighted by Crippen LogP contribution is 2.36. The van der Waals surface area contributed by atoms with E-state index < -0.39 is 0 Å². The Hall–Kier alpha value is -0.600. The number of halogens is 2. The third-order valence-electron chi connectivity index (χ3n) is 2.99. The first-order valence-electron chi connectivity index (χ1n) is 5.01. The second kappa shape index (κ2) is 3.46. The summed E-state index contributed by atoms with van der Waals surface area (Å²) in [5.74, 6) is 0. The summed E-state index contributed by atoms with van der Waals surface area (Å²) in [5, 5.41) is 2.91. The predicted octanol–water partition coefficient (Wildman–Crippen LogP) is 4.14. The lowest BCUT2D eigenvalue weighted by Crippen LogP contribution is -1.88. The van der Waals surface area contributed by atoms with Gasteiger partial charge in [0.1, 0.15) is 5.15 Å². The van der Waals surface area contributed by atoms with Crippen molar-refractivity contribution in [3.63, 3.8) is 0 Å². The maximum Gasteiger partial charge on any atom is 0.129 e. The number of hydrogen-bond donors (Lipinski definition) is 0. The number of aromatic nitrogens is 1. The van der Waals surface area contributed by atoms with E-state index in [2.05, 4.69) is 27.0 Å². The van der Waals surface area contributed by atoms with Gasteiger partial charge in [0.25, 0.3) is 0 Å². The molecular weight excluding hydrogens is 273 g/mol. The zero-order chi connectivity index (χ0) is 10.4. The van der Waals surface area contributed by atoms with Gasteiger partial charge in [-0.25, -0.2) is 4.98 Å². The molecule has 0 bridgehead atoms. The van der Waals surface area contributed by atoms with Crippen LogP contribution in [0.1, 0.15) is 17.5 Å². The Bertz CT molecular complexity index is 551. The first kappa shape index (κ1) is 9.61. The van der Waals surface area contributed by atoms with Crippen molar-refractivity contribution in [3.8, 4) is 0 Å². The summed E-state index contributed by atoms with van der Waals surface area (Å²) in [6.45, 7) is 0. The number of rotatable bonds is 0. The van der Waals surface area contributed by atoms with Crippen LogP contribution in [0.25, 0.3) is 10.8 Å². The zero-order valence-corrected chi connectivity index (χ0v) is 10.4. The Kier molecular flexibility index (Phi) is 2.22. The molecule has 2 aromatic rings. The molecule has 0 aliphatic heterocycles. The molecule has 0 unspecified atom stereocenters. The molecule has 0 radical (unpaired) electrons. The summed E-state index contributed by atoms with van der Waals surface area (Å²) in [6, 6.07) is 4.17. The largest absolute Gasteiger partial charge is 0.244 e. The first-order chi connectivity index (χ1) is 7.25. The first-order valence-corrected chi connectivity index (χ1v) is 6.18. The highest BCUT2D eigenvalue weighted by Gasteiger charge is 2.16. The van der Waals surface area contributed by atoms with Gasteiger partial charge in [-0.3, -0.25) is 0 Å². The highest BCUT2D eigenvalue weighted by molar-refractivity contribution is 9.10. The molecule has 0 spiro atoms. The number of benzene rings is 1. The summed E-state index contributed by atoms with van der Waals surface area (Å²) in [5.41, 5.74) is 2.91. The SMILES string of the molecule is Clc1cc2c(Br)c3c(cc2cn1)CCC3. The summed E-state index contributed by atoms with van der Waals surface area (Å²) in [6.07, 6.45) is 5.46. The molecule has 1 aromatic heterocycles. The van der Waals surface area contributed by atoms with Crippen LogP contribution in [0.15, 0.2) is 22.8 Å². The van der Waals surface area contributed by atoms with Crippen LogP contribution in [0.2, 0.25) is 5.15 Å². The molecule has 15 heavy (non-hydrogen) atoms.